The Labute approximate surface area is 230 Å². The van der Waals surface area contributed by atoms with Gasteiger partial charge in [0, 0.05) is 40.4 Å². The molecule has 4 heterocycles. The lowest BCUT2D eigenvalue weighted by Crippen LogP contribution is -2.37. The normalized spacial score (nSPS) is 16.5. The molecule has 6 rings (SSSR count). The number of nitrogens with one attached hydrogen (secondary N) is 1. The van der Waals surface area contributed by atoms with Crippen LogP contribution in [-0.4, -0.2) is 51.4 Å². The van der Waals surface area contributed by atoms with Gasteiger partial charge in [-0.1, -0.05) is 32.0 Å². The van der Waals surface area contributed by atoms with Gasteiger partial charge in [0.2, 0.25) is 0 Å². The fraction of sp³-hybridized carbons (Fsp3) is 0.400. The SMILES string of the molecule is Cc1noc(C)c1-c1cc(C(O)(c2ccccn2)c2nccn2S(C)(C)C(C)(C)C)c2nc(C3CC3)[nH]c2c1. The number of hydrogen-bond donors (Lipinski definition) is 2. The molecule has 0 amide bonds. The number of rotatable bonds is 6. The summed E-state index contributed by atoms with van der Waals surface area (Å²) in [6.45, 7) is 10.5. The summed E-state index contributed by atoms with van der Waals surface area (Å²) in [7, 11) is -1.47. The molecule has 1 aliphatic carbocycles. The van der Waals surface area contributed by atoms with E-state index in [1.165, 1.54) is 0 Å². The van der Waals surface area contributed by atoms with Crippen LogP contribution in [0.5, 0.6) is 0 Å². The van der Waals surface area contributed by atoms with Crippen LogP contribution in [-0.2, 0) is 5.60 Å². The Kier molecular flexibility index (Phi) is 5.82. The lowest BCUT2D eigenvalue weighted by Gasteiger charge is -2.47. The van der Waals surface area contributed by atoms with E-state index in [-0.39, 0.29) is 4.75 Å². The molecule has 204 valence electrons. The van der Waals surface area contributed by atoms with Crippen molar-refractivity contribution in [1.29, 1.82) is 0 Å². The van der Waals surface area contributed by atoms with Gasteiger partial charge in [0.25, 0.3) is 0 Å². The van der Waals surface area contributed by atoms with E-state index in [2.05, 4.69) is 53.5 Å². The number of nitrogens with zero attached hydrogens (tertiary/aromatic N) is 5. The van der Waals surface area contributed by atoms with Crippen molar-refractivity contribution in [1.82, 2.24) is 29.1 Å². The number of aryl methyl sites for hydroxylation is 2. The maximum atomic E-state index is 13.1. The minimum atomic E-state index is -1.68. The van der Waals surface area contributed by atoms with E-state index >= 15 is 0 Å². The summed E-state index contributed by atoms with van der Waals surface area (Å²) < 4.78 is 7.66. The summed E-state index contributed by atoms with van der Waals surface area (Å²) >= 11 is 0. The summed E-state index contributed by atoms with van der Waals surface area (Å²) in [5, 5.41) is 17.3. The molecule has 1 aliphatic rings. The van der Waals surface area contributed by atoms with Crippen molar-refractivity contribution in [3.05, 3.63) is 83.3 Å². The molecule has 0 radical (unpaired) electrons. The number of pyridine rings is 1. The van der Waals surface area contributed by atoms with Crippen LogP contribution in [0.15, 0.2) is 53.4 Å². The molecular formula is C30H36N6O2S. The third-order valence-electron chi connectivity index (χ3n) is 8.24. The zero-order chi connectivity index (χ0) is 27.7. The quantitative estimate of drug-likeness (QED) is 0.263. The fourth-order valence-corrected chi connectivity index (χ4v) is 6.72. The second kappa shape index (κ2) is 8.79. The van der Waals surface area contributed by atoms with Crippen molar-refractivity contribution in [2.24, 2.45) is 0 Å². The molecule has 1 aromatic carbocycles. The molecule has 1 fully saturated rings. The van der Waals surface area contributed by atoms with Crippen LogP contribution in [0.1, 0.15) is 73.9 Å². The Bertz CT molecular complexity index is 1650. The van der Waals surface area contributed by atoms with E-state index in [1.807, 2.05) is 44.3 Å². The van der Waals surface area contributed by atoms with Crippen molar-refractivity contribution >= 4 is 21.2 Å². The van der Waals surface area contributed by atoms with Crippen LogP contribution in [0.25, 0.3) is 22.2 Å². The minimum absolute atomic E-state index is 0.0488. The largest absolute Gasteiger partial charge is 0.372 e. The van der Waals surface area contributed by atoms with Crippen LogP contribution >= 0.6 is 10.2 Å². The van der Waals surface area contributed by atoms with Crippen LogP contribution in [0.2, 0.25) is 0 Å². The predicted molar refractivity (Wildman–Crippen MR) is 156 cm³/mol. The summed E-state index contributed by atoms with van der Waals surface area (Å²) in [6, 6.07) is 9.72. The smallest absolute Gasteiger partial charge is 0.193 e. The van der Waals surface area contributed by atoms with Gasteiger partial charge in [-0.25, -0.2) is 9.97 Å². The Hall–Kier alpha value is -3.43. The number of H-pyrrole nitrogens is 1. The van der Waals surface area contributed by atoms with Gasteiger partial charge in [-0.3, -0.25) is 8.96 Å². The summed E-state index contributed by atoms with van der Waals surface area (Å²) in [4.78, 5) is 18.2. The van der Waals surface area contributed by atoms with Crippen LogP contribution < -0.4 is 0 Å². The maximum absolute atomic E-state index is 13.1. The molecule has 5 aromatic rings. The molecule has 39 heavy (non-hydrogen) atoms. The van der Waals surface area contributed by atoms with Crippen molar-refractivity contribution in [3.8, 4) is 11.1 Å². The number of aromatic amines is 1. The Morgan fingerprint density at radius 3 is 2.46 bits per heavy atom. The highest BCUT2D eigenvalue weighted by Gasteiger charge is 2.45. The lowest BCUT2D eigenvalue weighted by atomic mass is 9.85. The molecule has 4 aromatic heterocycles. The molecule has 1 atom stereocenters. The first-order chi connectivity index (χ1) is 18.4. The maximum Gasteiger partial charge on any atom is 0.193 e. The van der Waals surface area contributed by atoms with Crippen molar-refractivity contribution in [3.63, 3.8) is 0 Å². The first-order valence-corrected chi connectivity index (χ1v) is 15.7. The molecule has 0 aliphatic heterocycles. The van der Waals surface area contributed by atoms with E-state index in [0.29, 0.717) is 23.0 Å². The average molecular weight is 545 g/mol. The van der Waals surface area contributed by atoms with Gasteiger partial charge >= 0.3 is 0 Å². The lowest BCUT2D eigenvalue weighted by molar-refractivity contribution is 0.112. The number of benzene rings is 1. The van der Waals surface area contributed by atoms with Crippen LogP contribution in [0.4, 0.5) is 0 Å². The van der Waals surface area contributed by atoms with Gasteiger partial charge in [-0.15, -0.1) is 0 Å². The number of aromatic nitrogens is 6. The van der Waals surface area contributed by atoms with Crippen molar-refractivity contribution in [2.75, 3.05) is 12.5 Å². The number of imidazole rings is 2. The highest BCUT2D eigenvalue weighted by atomic mass is 32.3. The second-order valence-electron chi connectivity index (χ2n) is 11.9. The van der Waals surface area contributed by atoms with E-state index in [9.17, 15) is 5.11 Å². The number of fused-ring (bicyclic) bond motifs is 1. The van der Waals surface area contributed by atoms with Crippen LogP contribution in [0, 0.1) is 13.8 Å². The highest BCUT2D eigenvalue weighted by Crippen LogP contribution is 2.56. The highest BCUT2D eigenvalue weighted by molar-refractivity contribution is 8.32. The van der Waals surface area contributed by atoms with Gasteiger partial charge in [0.05, 0.1) is 22.4 Å². The molecule has 1 unspecified atom stereocenters. The zero-order valence-corrected chi connectivity index (χ0v) is 24.4. The third-order valence-corrected chi connectivity index (χ3v) is 12.5. The average Bonchev–Trinajstić information content (AvgIpc) is 3.29. The predicted octanol–water partition coefficient (Wildman–Crippen LogP) is 6.21. The van der Waals surface area contributed by atoms with Gasteiger partial charge in [-0.2, -0.15) is 10.2 Å². The number of hydrogen-bond acceptors (Lipinski definition) is 6. The van der Waals surface area contributed by atoms with Gasteiger partial charge in [0.15, 0.2) is 11.4 Å². The molecular weight excluding hydrogens is 508 g/mol. The molecule has 9 heteroatoms. The molecule has 0 bridgehead atoms. The van der Waals surface area contributed by atoms with Gasteiger partial charge in [-0.05, 0) is 69.0 Å². The topological polar surface area (TPSA) is 106 Å². The monoisotopic (exact) mass is 544 g/mol. The fourth-order valence-electron chi connectivity index (χ4n) is 5.16. The second-order valence-corrected chi connectivity index (χ2v) is 16.1. The standard InChI is InChI=1S/C30H36N6O2S/c1-18-25(19(2)38-35-18)21-16-22(26-23(17-21)33-27(34-26)20-11-12-20)30(37,24-10-8-9-13-31-24)28-32-14-15-36(28)39(6,7)29(3,4)5/h8-10,13-17,20,37H,11-12H2,1-7H3,(H,33,34). The van der Waals surface area contributed by atoms with E-state index < -0.39 is 15.8 Å². The van der Waals surface area contributed by atoms with Crippen molar-refractivity contribution in [2.45, 2.75) is 63.7 Å². The van der Waals surface area contributed by atoms with Gasteiger partial charge < -0.3 is 14.6 Å². The Balaban J connectivity index is 1.71. The minimum Gasteiger partial charge on any atom is -0.372 e. The first-order valence-electron chi connectivity index (χ1n) is 13.3. The summed E-state index contributed by atoms with van der Waals surface area (Å²) in [5.41, 5.74) is 3.63. The molecule has 8 nitrogen and oxygen atoms in total. The van der Waals surface area contributed by atoms with E-state index in [1.54, 1.807) is 12.4 Å². The van der Waals surface area contributed by atoms with Crippen LogP contribution in [0.3, 0.4) is 0 Å². The zero-order valence-electron chi connectivity index (χ0n) is 23.6. The van der Waals surface area contributed by atoms with E-state index in [4.69, 9.17) is 19.5 Å². The van der Waals surface area contributed by atoms with Crippen molar-refractivity contribution < 1.29 is 9.63 Å². The molecule has 1 saturated carbocycles. The summed E-state index contributed by atoms with van der Waals surface area (Å²) in [6.07, 6.45) is 12.2. The first kappa shape index (κ1) is 25.8. The summed E-state index contributed by atoms with van der Waals surface area (Å²) in [5.74, 6) is 2.63. The van der Waals surface area contributed by atoms with Gasteiger partial charge in [0.1, 0.15) is 11.6 Å². The molecule has 0 spiro atoms. The third kappa shape index (κ3) is 4.02. The van der Waals surface area contributed by atoms with E-state index in [0.717, 1.165) is 52.3 Å². The molecule has 2 N–H and O–H groups in total. The Morgan fingerprint density at radius 2 is 1.85 bits per heavy atom. The Morgan fingerprint density at radius 1 is 1.08 bits per heavy atom. The molecule has 0 saturated heterocycles. The number of aliphatic hydroxyl groups is 1.